The average molecular weight is 341 g/mol. The first-order chi connectivity index (χ1) is 9.28. The molecule has 1 aliphatic rings. The summed E-state index contributed by atoms with van der Waals surface area (Å²) in [6.07, 6.45) is 2.77. The van der Waals surface area contributed by atoms with Crippen molar-refractivity contribution in [3.8, 4) is 21.9 Å². The van der Waals surface area contributed by atoms with Gasteiger partial charge in [0.2, 0.25) is 0 Å². The van der Waals surface area contributed by atoms with E-state index >= 15 is 0 Å². The summed E-state index contributed by atoms with van der Waals surface area (Å²) in [6.45, 7) is 1.38. The van der Waals surface area contributed by atoms with Crippen LogP contribution in [0.4, 0.5) is 5.13 Å². The van der Waals surface area contributed by atoms with Gasteiger partial charge in [0.1, 0.15) is 0 Å². The standard InChI is InChI=1S/C13H13BrN2O2S/c1-15-13-16-7-11(19-13)8-5-9(14)12-10(6-8)17-3-2-4-18-12/h5-7H,2-4H2,1H3,(H,15,16). The van der Waals surface area contributed by atoms with Crippen molar-refractivity contribution >= 4 is 32.4 Å². The lowest BCUT2D eigenvalue weighted by atomic mass is 10.2. The highest BCUT2D eigenvalue weighted by atomic mass is 79.9. The molecule has 0 bridgehead atoms. The van der Waals surface area contributed by atoms with Crippen molar-refractivity contribution in [2.24, 2.45) is 0 Å². The molecule has 0 amide bonds. The van der Waals surface area contributed by atoms with E-state index in [2.05, 4.69) is 26.2 Å². The molecule has 2 heterocycles. The predicted octanol–water partition coefficient (Wildman–Crippen LogP) is 3.78. The van der Waals surface area contributed by atoms with E-state index in [1.807, 2.05) is 25.4 Å². The number of hydrogen-bond acceptors (Lipinski definition) is 5. The summed E-state index contributed by atoms with van der Waals surface area (Å²) in [5.41, 5.74) is 1.08. The molecule has 0 unspecified atom stereocenters. The highest BCUT2D eigenvalue weighted by Gasteiger charge is 2.16. The van der Waals surface area contributed by atoms with Crippen molar-refractivity contribution in [2.45, 2.75) is 6.42 Å². The van der Waals surface area contributed by atoms with E-state index in [4.69, 9.17) is 9.47 Å². The van der Waals surface area contributed by atoms with Gasteiger partial charge in [0.25, 0.3) is 0 Å². The molecule has 0 saturated heterocycles. The van der Waals surface area contributed by atoms with Crippen LogP contribution in [-0.4, -0.2) is 25.2 Å². The zero-order valence-corrected chi connectivity index (χ0v) is 12.8. The Hall–Kier alpha value is -1.27. The number of nitrogens with one attached hydrogen (secondary N) is 1. The molecule has 1 aliphatic heterocycles. The van der Waals surface area contributed by atoms with Crippen LogP contribution in [-0.2, 0) is 0 Å². The van der Waals surface area contributed by atoms with Gasteiger partial charge in [-0.1, -0.05) is 11.3 Å². The number of rotatable bonds is 2. The van der Waals surface area contributed by atoms with Crippen LogP contribution in [0.5, 0.6) is 11.5 Å². The lowest BCUT2D eigenvalue weighted by Crippen LogP contribution is -1.97. The largest absolute Gasteiger partial charge is 0.489 e. The maximum Gasteiger partial charge on any atom is 0.182 e. The topological polar surface area (TPSA) is 43.4 Å². The minimum atomic E-state index is 0.688. The Morgan fingerprint density at radius 3 is 2.95 bits per heavy atom. The van der Waals surface area contributed by atoms with Crippen LogP contribution in [0.2, 0.25) is 0 Å². The lowest BCUT2D eigenvalue weighted by Gasteiger charge is -2.10. The van der Waals surface area contributed by atoms with Gasteiger partial charge in [-0.3, -0.25) is 0 Å². The predicted molar refractivity (Wildman–Crippen MR) is 80.4 cm³/mol. The summed E-state index contributed by atoms with van der Waals surface area (Å²) in [4.78, 5) is 5.39. The Morgan fingerprint density at radius 2 is 2.16 bits per heavy atom. The summed E-state index contributed by atoms with van der Waals surface area (Å²) >= 11 is 5.16. The molecule has 0 spiro atoms. The van der Waals surface area contributed by atoms with Crippen LogP contribution in [0, 0.1) is 0 Å². The number of nitrogens with zero attached hydrogens (tertiary/aromatic N) is 1. The Morgan fingerprint density at radius 1 is 1.32 bits per heavy atom. The van der Waals surface area contributed by atoms with Gasteiger partial charge in [-0.2, -0.15) is 0 Å². The van der Waals surface area contributed by atoms with Gasteiger partial charge in [0, 0.05) is 19.7 Å². The Balaban J connectivity index is 2.03. The smallest absolute Gasteiger partial charge is 0.182 e. The van der Waals surface area contributed by atoms with Crippen LogP contribution in [0.1, 0.15) is 6.42 Å². The summed E-state index contributed by atoms with van der Waals surface area (Å²) in [6, 6.07) is 4.05. The van der Waals surface area contributed by atoms with Crippen molar-refractivity contribution in [1.29, 1.82) is 0 Å². The van der Waals surface area contributed by atoms with E-state index < -0.39 is 0 Å². The molecule has 0 saturated carbocycles. The first kappa shape index (κ1) is 12.7. The van der Waals surface area contributed by atoms with Gasteiger partial charge in [0.15, 0.2) is 16.6 Å². The van der Waals surface area contributed by atoms with Crippen LogP contribution < -0.4 is 14.8 Å². The zero-order valence-electron chi connectivity index (χ0n) is 10.4. The van der Waals surface area contributed by atoms with E-state index in [1.165, 1.54) is 0 Å². The highest BCUT2D eigenvalue weighted by molar-refractivity contribution is 9.10. The third-order valence-electron chi connectivity index (χ3n) is 2.81. The lowest BCUT2D eigenvalue weighted by molar-refractivity contribution is 0.296. The van der Waals surface area contributed by atoms with E-state index in [9.17, 15) is 0 Å². The second-order valence-corrected chi connectivity index (χ2v) is 6.00. The number of halogens is 1. The van der Waals surface area contributed by atoms with E-state index in [0.717, 1.165) is 38.0 Å². The fraction of sp³-hybridized carbons (Fsp3) is 0.308. The number of thiazole rings is 1. The molecule has 6 heteroatoms. The summed E-state index contributed by atoms with van der Waals surface area (Å²) in [5, 5.41) is 3.94. The van der Waals surface area contributed by atoms with E-state index in [1.54, 1.807) is 11.3 Å². The fourth-order valence-corrected chi connectivity index (χ4v) is 3.21. The molecule has 0 fully saturated rings. The Labute approximate surface area is 123 Å². The minimum absolute atomic E-state index is 0.688. The third-order valence-corrected chi connectivity index (χ3v) is 4.46. The molecular weight excluding hydrogens is 328 g/mol. The van der Waals surface area contributed by atoms with Gasteiger partial charge < -0.3 is 14.8 Å². The van der Waals surface area contributed by atoms with Crippen LogP contribution in [0.15, 0.2) is 22.8 Å². The van der Waals surface area contributed by atoms with Crippen molar-refractivity contribution in [3.05, 3.63) is 22.8 Å². The molecule has 1 aromatic carbocycles. The van der Waals surface area contributed by atoms with Crippen LogP contribution >= 0.6 is 27.3 Å². The zero-order chi connectivity index (χ0) is 13.2. The maximum atomic E-state index is 5.74. The molecule has 19 heavy (non-hydrogen) atoms. The number of anilines is 1. The molecule has 0 atom stereocenters. The molecule has 0 radical (unpaired) electrons. The number of hydrogen-bond donors (Lipinski definition) is 1. The number of fused-ring (bicyclic) bond motifs is 1. The normalized spacial score (nSPS) is 14.0. The van der Waals surface area contributed by atoms with Crippen LogP contribution in [0.3, 0.4) is 0 Å². The molecule has 0 aliphatic carbocycles. The van der Waals surface area contributed by atoms with E-state index in [0.29, 0.717) is 13.2 Å². The SMILES string of the molecule is CNc1ncc(-c2cc(Br)c3c(c2)OCCCO3)s1. The van der Waals surface area contributed by atoms with Crippen molar-refractivity contribution in [2.75, 3.05) is 25.6 Å². The molecule has 4 nitrogen and oxygen atoms in total. The molecule has 2 aromatic rings. The van der Waals surface area contributed by atoms with Crippen molar-refractivity contribution < 1.29 is 9.47 Å². The molecule has 3 rings (SSSR count). The summed E-state index contributed by atoms with van der Waals surface area (Å²) < 4.78 is 12.4. The first-order valence-corrected chi connectivity index (χ1v) is 7.62. The molecule has 100 valence electrons. The van der Waals surface area contributed by atoms with Crippen molar-refractivity contribution in [3.63, 3.8) is 0 Å². The Bertz CT molecular complexity index is 600. The number of aromatic nitrogens is 1. The van der Waals surface area contributed by atoms with Gasteiger partial charge in [-0.15, -0.1) is 0 Å². The summed E-state index contributed by atoms with van der Waals surface area (Å²) in [5.74, 6) is 1.58. The quantitative estimate of drug-likeness (QED) is 0.903. The number of benzene rings is 1. The van der Waals surface area contributed by atoms with E-state index in [-0.39, 0.29) is 0 Å². The van der Waals surface area contributed by atoms with Gasteiger partial charge in [0.05, 0.1) is 22.6 Å². The molecule has 1 N–H and O–H groups in total. The van der Waals surface area contributed by atoms with Crippen LogP contribution in [0.25, 0.3) is 10.4 Å². The second kappa shape index (κ2) is 5.38. The number of ether oxygens (including phenoxy) is 2. The van der Waals surface area contributed by atoms with Crippen molar-refractivity contribution in [1.82, 2.24) is 4.98 Å². The fourth-order valence-electron chi connectivity index (χ4n) is 1.90. The van der Waals surface area contributed by atoms with Gasteiger partial charge in [-0.25, -0.2) is 4.98 Å². The minimum Gasteiger partial charge on any atom is -0.489 e. The molecular formula is C13H13BrN2O2S. The second-order valence-electron chi connectivity index (χ2n) is 4.12. The first-order valence-electron chi connectivity index (χ1n) is 6.01. The van der Waals surface area contributed by atoms with Gasteiger partial charge in [-0.05, 0) is 33.6 Å². The average Bonchev–Trinajstić information content (AvgIpc) is 2.77. The monoisotopic (exact) mass is 340 g/mol. The maximum absolute atomic E-state index is 5.74. The summed E-state index contributed by atoms with van der Waals surface area (Å²) in [7, 11) is 1.87. The third kappa shape index (κ3) is 2.55. The molecule has 1 aromatic heterocycles. The van der Waals surface area contributed by atoms with Gasteiger partial charge >= 0.3 is 0 Å². The highest BCUT2D eigenvalue weighted by Crippen LogP contribution is 2.42. The Kier molecular flexibility index (Phi) is 3.61.